The first-order chi connectivity index (χ1) is 13.8. The molecule has 1 aromatic carbocycles. The van der Waals surface area contributed by atoms with Gasteiger partial charge in [-0.2, -0.15) is 0 Å². The summed E-state index contributed by atoms with van der Waals surface area (Å²) in [6.45, 7) is 2.21. The summed E-state index contributed by atoms with van der Waals surface area (Å²) in [4.78, 5) is 42.3. The van der Waals surface area contributed by atoms with Crippen LogP contribution in [0.4, 0.5) is 5.69 Å². The van der Waals surface area contributed by atoms with Gasteiger partial charge in [0, 0.05) is 43.5 Å². The maximum absolute atomic E-state index is 12.8. The number of aryl methyl sites for hydroxylation is 2. The van der Waals surface area contributed by atoms with Crippen molar-refractivity contribution in [2.24, 2.45) is 14.1 Å². The Morgan fingerprint density at radius 2 is 1.86 bits per heavy atom. The standard InChI is InChI=1S/C20H22N4O4S/c1-12-5-7-14(8-6-12)22-15(25)11-29-17-13(10-28-4)9-21-18-16(17)19(26)24(3)20(27)23(18)2/h5-9H,10-11H2,1-4H3,(H,22,25). The van der Waals surface area contributed by atoms with E-state index in [0.29, 0.717) is 21.5 Å². The lowest BCUT2D eigenvalue weighted by Gasteiger charge is -2.14. The molecule has 0 radical (unpaired) electrons. The van der Waals surface area contributed by atoms with Crippen LogP contribution in [0, 0.1) is 6.92 Å². The lowest BCUT2D eigenvalue weighted by Crippen LogP contribution is -2.37. The lowest BCUT2D eigenvalue weighted by atomic mass is 10.2. The van der Waals surface area contributed by atoms with E-state index in [1.807, 2.05) is 31.2 Å². The third kappa shape index (κ3) is 4.25. The zero-order chi connectivity index (χ0) is 21.1. The van der Waals surface area contributed by atoms with Crippen molar-refractivity contribution in [3.63, 3.8) is 0 Å². The van der Waals surface area contributed by atoms with Crippen molar-refractivity contribution in [2.45, 2.75) is 18.4 Å². The van der Waals surface area contributed by atoms with Crippen molar-refractivity contribution in [1.82, 2.24) is 14.1 Å². The number of rotatable bonds is 6. The minimum Gasteiger partial charge on any atom is -0.380 e. The normalized spacial score (nSPS) is 11.0. The number of carbonyl (C=O) groups excluding carboxylic acids is 1. The molecule has 0 spiro atoms. The molecule has 1 amide bonds. The molecule has 29 heavy (non-hydrogen) atoms. The molecule has 2 aromatic heterocycles. The highest BCUT2D eigenvalue weighted by Crippen LogP contribution is 2.28. The number of fused-ring (bicyclic) bond motifs is 1. The Morgan fingerprint density at radius 3 is 2.52 bits per heavy atom. The SMILES string of the molecule is COCc1cnc2c(c1SCC(=O)Nc1ccc(C)cc1)c(=O)n(C)c(=O)n2C. The monoisotopic (exact) mass is 414 g/mol. The highest BCUT2D eigenvalue weighted by Gasteiger charge is 2.18. The smallest absolute Gasteiger partial charge is 0.332 e. The summed E-state index contributed by atoms with van der Waals surface area (Å²) in [7, 11) is 4.53. The van der Waals surface area contributed by atoms with Gasteiger partial charge in [0.15, 0.2) is 0 Å². The third-order valence-electron chi connectivity index (χ3n) is 4.48. The Bertz CT molecular complexity index is 1180. The number of amides is 1. The Morgan fingerprint density at radius 1 is 1.17 bits per heavy atom. The van der Waals surface area contributed by atoms with Crippen LogP contribution in [0.1, 0.15) is 11.1 Å². The first-order valence-electron chi connectivity index (χ1n) is 8.89. The van der Waals surface area contributed by atoms with Crippen LogP contribution in [0.5, 0.6) is 0 Å². The molecule has 152 valence electrons. The molecule has 2 heterocycles. The number of hydrogen-bond acceptors (Lipinski definition) is 6. The molecule has 0 fully saturated rings. The van der Waals surface area contributed by atoms with Gasteiger partial charge < -0.3 is 10.1 Å². The number of nitrogens with one attached hydrogen (secondary N) is 1. The number of methoxy groups -OCH3 is 1. The van der Waals surface area contributed by atoms with Gasteiger partial charge in [-0.15, -0.1) is 11.8 Å². The second-order valence-corrected chi connectivity index (χ2v) is 7.64. The number of thioether (sulfide) groups is 1. The highest BCUT2D eigenvalue weighted by atomic mass is 32.2. The number of ether oxygens (including phenoxy) is 1. The predicted molar refractivity (Wildman–Crippen MR) is 113 cm³/mol. The fourth-order valence-corrected chi connectivity index (χ4v) is 3.90. The molecule has 0 saturated heterocycles. The van der Waals surface area contributed by atoms with E-state index in [2.05, 4.69) is 10.3 Å². The molecule has 0 aliphatic carbocycles. The van der Waals surface area contributed by atoms with Crippen LogP contribution >= 0.6 is 11.8 Å². The second-order valence-electron chi connectivity index (χ2n) is 6.65. The fourth-order valence-electron chi connectivity index (χ4n) is 2.94. The molecule has 0 saturated carbocycles. The maximum Gasteiger partial charge on any atom is 0.332 e. The molecule has 0 bridgehead atoms. The Hall–Kier alpha value is -2.91. The van der Waals surface area contributed by atoms with Gasteiger partial charge in [0.25, 0.3) is 5.56 Å². The Balaban J connectivity index is 1.97. The fraction of sp³-hybridized carbons (Fsp3) is 0.300. The summed E-state index contributed by atoms with van der Waals surface area (Å²) in [5.74, 6) is -0.107. The third-order valence-corrected chi connectivity index (χ3v) is 5.64. The number of carbonyl (C=O) groups is 1. The van der Waals surface area contributed by atoms with Crippen LogP contribution in [-0.4, -0.2) is 32.9 Å². The van der Waals surface area contributed by atoms with Crippen LogP contribution in [0.15, 0.2) is 44.9 Å². The summed E-state index contributed by atoms with van der Waals surface area (Å²) in [5.41, 5.74) is 1.86. The van der Waals surface area contributed by atoms with E-state index in [1.54, 1.807) is 20.4 Å². The molecular formula is C20H22N4O4S. The van der Waals surface area contributed by atoms with Gasteiger partial charge in [-0.25, -0.2) is 9.78 Å². The van der Waals surface area contributed by atoms with Gasteiger partial charge in [-0.1, -0.05) is 17.7 Å². The van der Waals surface area contributed by atoms with E-state index < -0.39 is 11.2 Å². The number of benzene rings is 1. The van der Waals surface area contributed by atoms with E-state index >= 15 is 0 Å². The van der Waals surface area contributed by atoms with Crippen LogP contribution in [0.3, 0.4) is 0 Å². The second kappa shape index (κ2) is 8.62. The average Bonchev–Trinajstić information content (AvgIpc) is 2.71. The quantitative estimate of drug-likeness (QED) is 0.618. The van der Waals surface area contributed by atoms with Crippen LogP contribution in [-0.2, 0) is 30.2 Å². The molecule has 3 rings (SSSR count). The Labute approximate surface area is 171 Å². The van der Waals surface area contributed by atoms with Crippen LogP contribution in [0.2, 0.25) is 0 Å². The van der Waals surface area contributed by atoms with Gasteiger partial charge >= 0.3 is 5.69 Å². The van der Waals surface area contributed by atoms with Crippen molar-refractivity contribution in [3.8, 4) is 0 Å². The molecule has 0 aliphatic heterocycles. The van der Waals surface area contributed by atoms with E-state index in [1.165, 1.54) is 23.4 Å². The number of pyridine rings is 1. The zero-order valence-corrected chi connectivity index (χ0v) is 17.5. The summed E-state index contributed by atoms with van der Waals surface area (Å²) in [6.07, 6.45) is 1.57. The predicted octanol–water partition coefficient (Wildman–Crippen LogP) is 1.82. The molecule has 1 N–H and O–H groups in total. The average molecular weight is 414 g/mol. The van der Waals surface area contributed by atoms with Gasteiger partial charge in [0.05, 0.1) is 17.7 Å². The summed E-state index contributed by atoms with van der Waals surface area (Å²) < 4.78 is 7.59. The van der Waals surface area contributed by atoms with Crippen molar-refractivity contribution in [1.29, 1.82) is 0 Å². The maximum atomic E-state index is 12.8. The molecule has 8 nitrogen and oxygen atoms in total. The first kappa shape index (κ1) is 20.8. The molecule has 9 heteroatoms. The minimum atomic E-state index is -0.456. The number of hydrogen-bond donors (Lipinski definition) is 1. The molecular weight excluding hydrogens is 392 g/mol. The van der Waals surface area contributed by atoms with E-state index in [4.69, 9.17) is 4.74 Å². The summed E-state index contributed by atoms with van der Waals surface area (Å²) in [6, 6.07) is 7.50. The largest absolute Gasteiger partial charge is 0.380 e. The van der Waals surface area contributed by atoms with Crippen molar-refractivity contribution >= 4 is 34.4 Å². The summed E-state index contributed by atoms with van der Waals surface area (Å²) >= 11 is 1.22. The molecule has 0 atom stereocenters. The van der Waals surface area contributed by atoms with Crippen LogP contribution in [0.25, 0.3) is 11.0 Å². The van der Waals surface area contributed by atoms with Crippen molar-refractivity contribution in [3.05, 3.63) is 62.4 Å². The minimum absolute atomic E-state index is 0.0930. The van der Waals surface area contributed by atoms with E-state index in [0.717, 1.165) is 10.1 Å². The molecule has 0 unspecified atom stereocenters. The van der Waals surface area contributed by atoms with Gasteiger partial charge in [0.1, 0.15) is 5.65 Å². The zero-order valence-electron chi connectivity index (χ0n) is 16.7. The number of aromatic nitrogens is 3. The number of anilines is 1. The first-order valence-corrected chi connectivity index (χ1v) is 9.88. The molecule has 3 aromatic rings. The number of nitrogens with zero attached hydrogens (tertiary/aromatic N) is 3. The lowest BCUT2D eigenvalue weighted by molar-refractivity contribution is -0.113. The van der Waals surface area contributed by atoms with Crippen molar-refractivity contribution in [2.75, 3.05) is 18.2 Å². The van der Waals surface area contributed by atoms with Gasteiger partial charge in [-0.05, 0) is 19.1 Å². The van der Waals surface area contributed by atoms with Crippen LogP contribution < -0.4 is 16.6 Å². The summed E-state index contributed by atoms with van der Waals surface area (Å²) in [5, 5.41) is 3.14. The van der Waals surface area contributed by atoms with Crippen molar-refractivity contribution < 1.29 is 9.53 Å². The van der Waals surface area contributed by atoms with E-state index in [9.17, 15) is 14.4 Å². The van der Waals surface area contributed by atoms with Gasteiger partial charge in [0.2, 0.25) is 5.91 Å². The topological polar surface area (TPSA) is 95.2 Å². The molecule has 0 aliphatic rings. The highest BCUT2D eigenvalue weighted by molar-refractivity contribution is 8.00. The van der Waals surface area contributed by atoms with E-state index in [-0.39, 0.29) is 23.9 Å². The van der Waals surface area contributed by atoms with Gasteiger partial charge in [-0.3, -0.25) is 18.7 Å². The Kier molecular flexibility index (Phi) is 6.19.